The Labute approximate surface area is 215 Å². The Bertz CT molecular complexity index is 1430. The van der Waals surface area contributed by atoms with Gasteiger partial charge in [0.05, 0.1) is 4.91 Å². The van der Waals surface area contributed by atoms with Crippen molar-refractivity contribution in [3.8, 4) is 5.75 Å². The summed E-state index contributed by atoms with van der Waals surface area (Å²) in [5.41, 5.74) is 3.22. The lowest BCUT2D eigenvalue weighted by atomic mass is 10.2. The first-order chi connectivity index (χ1) is 17.4. The fourth-order valence-corrected chi connectivity index (χ4v) is 5.96. The molecule has 1 fully saturated rings. The number of rotatable bonds is 5. The van der Waals surface area contributed by atoms with Gasteiger partial charge in [0.15, 0.2) is 5.17 Å². The van der Waals surface area contributed by atoms with E-state index in [-0.39, 0.29) is 16.6 Å². The van der Waals surface area contributed by atoms with E-state index < -0.39 is 10.1 Å². The summed E-state index contributed by atoms with van der Waals surface area (Å²) in [6.45, 7) is 5.41. The van der Waals surface area contributed by atoms with Gasteiger partial charge in [0.1, 0.15) is 10.6 Å². The Morgan fingerprint density at radius 1 is 0.889 bits per heavy atom. The van der Waals surface area contributed by atoms with Gasteiger partial charge in [0.2, 0.25) is 0 Å². The lowest BCUT2D eigenvalue weighted by molar-refractivity contribution is -0.113. The van der Waals surface area contributed by atoms with Gasteiger partial charge in [-0.2, -0.15) is 13.4 Å². The molecule has 2 aliphatic heterocycles. The second-order valence-corrected chi connectivity index (χ2v) is 11.1. The second-order valence-electron chi connectivity index (χ2n) is 8.54. The highest BCUT2D eigenvalue weighted by atomic mass is 32.2. The van der Waals surface area contributed by atoms with Gasteiger partial charge in [0.25, 0.3) is 5.91 Å². The molecular weight excluding hydrogens is 494 g/mol. The van der Waals surface area contributed by atoms with Crippen LogP contribution in [0.1, 0.15) is 11.1 Å². The predicted octanol–water partition coefficient (Wildman–Crippen LogP) is 4.56. The van der Waals surface area contributed by atoms with E-state index in [0.29, 0.717) is 4.91 Å². The van der Waals surface area contributed by atoms with Gasteiger partial charge < -0.3 is 14.0 Å². The Morgan fingerprint density at radius 3 is 2.28 bits per heavy atom. The van der Waals surface area contributed by atoms with Crippen molar-refractivity contribution >= 4 is 44.7 Å². The van der Waals surface area contributed by atoms with E-state index in [2.05, 4.69) is 46.0 Å². The summed E-state index contributed by atoms with van der Waals surface area (Å²) in [5.74, 6) is -0.0575. The van der Waals surface area contributed by atoms with E-state index >= 15 is 0 Å². The highest BCUT2D eigenvalue weighted by molar-refractivity contribution is 8.18. The van der Waals surface area contributed by atoms with Crippen molar-refractivity contribution in [3.63, 3.8) is 0 Å². The maximum atomic E-state index is 12.5. The number of carbonyl (C=O) groups is 1. The van der Waals surface area contributed by atoms with Crippen LogP contribution >= 0.6 is 11.8 Å². The predicted molar refractivity (Wildman–Crippen MR) is 144 cm³/mol. The number of carbonyl (C=O) groups excluding carboxylic acids is 1. The third-order valence-corrected chi connectivity index (χ3v) is 8.25. The SMILES string of the molecule is Cc1cccc(N2CCN(C3=NC(=O)/C(=C/c4ccc(OS(=O)(=O)c5ccccc5)cc4)S3)CC2)c1. The molecule has 3 aromatic carbocycles. The monoisotopic (exact) mass is 519 g/mol. The molecule has 1 saturated heterocycles. The zero-order valence-electron chi connectivity index (χ0n) is 19.7. The van der Waals surface area contributed by atoms with Crippen LogP contribution in [0, 0.1) is 6.92 Å². The van der Waals surface area contributed by atoms with Gasteiger partial charge >= 0.3 is 10.1 Å². The molecule has 0 saturated carbocycles. The Morgan fingerprint density at radius 2 is 1.58 bits per heavy atom. The molecule has 0 aromatic heterocycles. The molecule has 2 aliphatic rings. The van der Waals surface area contributed by atoms with Crippen molar-refractivity contribution in [1.82, 2.24) is 4.90 Å². The molecule has 0 bridgehead atoms. The number of hydrogen-bond donors (Lipinski definition) is 0. The zero-order chi connectivity index (χ0) is 25.1. The molecule has 0 aliphatic carbocycles. The number of aryl methyl sites for hydroxylation is 1. The van der Waals surface area contributed by atoms with Crippen LogP contribution in [-0.2, 0) is 14.9 Å². The van der Waals surface area contributed by atoms with Crippen LogP contribution in [-0.4, -0.2) is 50.6 Å². The van der Waals surface area contributed by atoms with Gasteiger partial charge in [-0.05, 0) is 72.3 Å². The Kier molecular flexibility index (Phi) is 6.84. The smallest absolute Gasteiger partial charge is 0.339 e. The number of aliphatic imine (C=N–C) groups is 1. The third kappa shape index (κ3) is 5.47. The number of amidine groups is 1. The molecule has 0 N–H and O–H groups in total. The molecule has 1 amide bonds. The van der Waals surface area contributed by atoms with E-state index in [1.807, 2.05) is 0 Å². The van der Waals surface area contributed by atoms with Crippen LogP contribution in [0.2, 0.25) is 0 Å². The molecular formula is C27H25N3O4S2. The topological polar surface area (TPSA) is 79.3 Å². The number of nitrogens with zero attached hydrogens (tertiary/aromatic N) is 3. The van der Waals surface area contributed by atoms with E-state index in [1.165, 1.54) is 35.1 Å². The maximum Gasteiger partial charge on any atom is 0.339 e. The minimum atomic E-state index is -3.90. The van der Waals surface area contributed by atoms with Gasteiger partial charge in [-0.3, -0.25) is 4.79 Å². The third-order valence-electron chi connectivity index (χ3n) is 5.94. The molecule has 3 aromatic rings. The van der Waals surface area contributed by atoms with Crippen LogP contribution in [0.4, 0.5) is 5.69 Å². The average molecular weight is 520 g/mol. The second kappa shape index (κ2) is 10.2. The van der Waals surface area contributed by atoms with Crippen molar-refractivity contribution in [2.45, 2.75) is 11.8 Å². The summed E-state index contributed by atoms with van der Waals surface area (Å²) in [6, 6.07) is 23.1. The number of anilines is 1. The average Bonchev–Trinajstić information content (AvgIpc) is 3.25. The molecule has 0 spiro atoms. The number of benzene rings is 3. The molecule has 0 unspecified atom stereocenters. The summed E-state index contributed by atoms with van der Waals surface area (Å²) in [6.07, 6.45) is 1.77. The molecule has 36 heavy (non-hydrogen) atoms. The van der Waals surface area contributed by atoms with Crippen LogP contribution in [0.5, 0.6) is 5.75 Å². The highest BCUT2D eigenvalue weighted by Crippen LogP contribution is 2.31. The van der Waals surface area contributed by atoms with Crippen LogP contribution in [0.15, 0.2) is 93.7 Å². The summed E-state index contributed by atoms with van der Waals surface area (Å²) < 4.78 is 30.0. The van der Waals surface area contributed by atoms with Gasteiger partial charge in [-0.15, -0.1) is 0 Å². The molecule has 0 radical (unpaired) electrons. The maximum absolute atomic E-state index is 12.5. The van der Waals surface area contributed by atoms with Gasteiger partial charge in [-0.1, -0.05) is 42.5 Å². The molecule has 5 rings (SSSR count). The van der Waals surface area contributed by atoms with E-state index in [0.717, 1.165) is 36.9 Å². The number of thioether (sulfide) groups is 1. The largest absolute Gasteiger partial charge is 0.379 e. The van der Waals surface area contributed by atoms with Crippen molar-refractivity contribution in [3.05, 3.63) is 94.9 Å². The minimum absolute atomic E-state index is 0.0912. The summed E-state index contributed by atoms with van der Waals surface area (Å²) >= 11 is 1.37. The molecule has 7 nitrogen and oxygen atoms in total. The number of piperazine rings is 1. The first kappa shape index (κ1) is 24.1. The summed E-state index contributed by atoms with van der Waals surface area (Å²) in [7, 11) is -3.90. The molecule has 184 valence electrons. The normalized spacial score (nSPS) is 17.4. The lowest BCUT2D eigenvalue weighted by Gasteiger charge is -2.36. The highest BCUT2D eigenvalue weighted by Gasteiger charge is 2.28. The first-order valence-electron chi connectivity index (χ1n) is 11.6. The van der Waals surface area contributed by atoms with E-state index in [9.17, 15) is 13.2 Å². The Balaban J connectivity index is 1.20. The quantitative estimate of drug-likeness (QED) is 0.361. The van der Waals surface area contributed by atoms with Crippen molar-refractivity contribution in [2.75, 3.05) is 31.1 Å². The molecule has 2 heterocycles. The fourth-order valence-electron chi connectivity index (χ4n) is 4.05. The van der Waals surface area contributed by atoms with Crippen molar-refractivity contribution in [1.29, 1.82) is 0 Å². The van der Waals surface area contributed by atoms with Gasteiger partial charge in [-0.25, -0.2) is 0 Å². The van der Waals surface area contributed by atoms with Crippen molar-refractivity contribution < 1.29 is 17.4 Å². The summed E-state index contributed by atoms with van der Waals surface area (Å²) in [5, 5.41) is 0.726. The fraction of sp³-hybridized carbons (Fsp3) is 0.185. The minimum Gasteiger partial charge on any atom is -0.379 e. The molecule has 0 atom stereocenters. The molecule has 9 heteroatoms. The van der Waals surface area contributed by atoms with Crippen LogP contribution in [0.3, 0.4) is 0 Å². The number of amides is 1. The van der Waals surface area contributed by atoms with Gasteiger partial charge in [0, 0.05) is 31.9 Å². The van der Waals surface area contributed by atoms with E-state index in [4.69, 9.17) is 4.18 Å². The zero-order valence-corrected chi connectivity index (χ0v) is 21.3. The van der Waals surface area contributed by atoms with E-state index in [1.54, 1.807) is 48.5 Å². The summed E-state index contributed by atoms with van der Waals surface area (Å²) in [4.78, 5) is 22.0. The first-order valence-corrected chi connectivity index (χ1v) is 13.8. The number of hydrogen-bond acceptors (Lipinski definition) is 7. The van der Waals surface area contributed by atoms with Crippen molar-refractivity contribution in [2.24, 2.45) is 4.99 Å². The van der Waals surface area contributed by atoms with Crippen LogP contribution in [0.25, 0.3) is 6.08 Å². The van der Waals surface area contributed by atoms with Crippen LogP contribution < -0.4 is 9.08 Å². The standard InChI is InChI=1S/C27H25N3O4S2/c1-20-6-5-7-22(18-20)29-14-16-30(17-15-29)27-28-26(31)25(35-27)19-21-10-12-23(13-11-21)34-36(32,33)24-8-3-2-4-9-24/h2-13,18-19H,14-17H2,1H3/b25-19-. The lowest BCUT2D eigenvalue weighted by Crippen LogP contribution is -2.47. The Hall–Kier alpha value is -3.56.